The molecule has 0 saturated heterocycles. The minimum absolute atomic E-state index is 1.05. The van der Waals surface area contributed by atoms with E-state index in [1.54, 1.807) is 0 Å². The number of nitrogens with zero attached hydrogens (tertiary/aromatic N) is 1. The summed E-state index contributed by atoms with van der Waals surface area (Å²) >= 11 is 0. The lowest BCUT2D eigenvalue weighted by Gasteiger charge is -2.27. The molecule has 0 amide bonds. The molecule has 0 unspecified atom stereocenters. The van der Waals surface area contributed by atoms with Crippen molar-refractivity contribution in [3.8, 4) is 0 Å². The van der Waals surface area contributed by atoms with Crippen molar-refractivity contribution >= 4 is 30.0 Å². The van der Waals surface area contributed by atoms with E-state index in [0.29, 0.717) is 0 Å². The maximum atomic E-state index is 4.50. The first kappa shape index (κ1) is 34.1. The third kappa shape index (κ3) is 10.6. The fraction of sp³-hybridized carbons (Fsp3) is 0.667. The molecule has 31 heavy (non-hydrogen) atoms. The maximum absolute atomic E-state index is 4.50. The predicted molar refractivity (Wildman–Crippen MR) is 151 cm³/mol. The molecular weight excluding hydrogens is 374 g/mol. The van der Waals surface area contributed by atoms with Gasteiger partial charge in [-0.25, -0.2) is 0 Å². The van der Waals surface area contributed by atoms with Gasteiger partial charge in [0.05, 0.1) is 0 Å². The molecule has 0 spiro atoms. The molecule has 0 saturated carbocycles. The molecule has 0 atom stereocenters. The van der Waals surface area contributed by atoms with Gasteiger partial charge in [0.1, 0.15) is 0 Å². The van der Waals surface area contributed by atoms with Crippen LogP contribution in [-0.2, 0) is 0 Å². The normalized spacial score (nSPS) is 10.5. The van der Waals surface area contributed by atoms with Crippen molar-refractivity contribution in [3.05, 3.63) is 26.4 Å². The molecule has 0 aliphatic heterocycles. The van der Waals surface area contributed by atoms with E-state index in [2.05, 4.69) is 80.4 Å². The molecular formula is C30H57N. The molecule has 182 valence electrons. The first-order valence-corrected chi connectivity index (χ1v) is 13.0. The third-order valence-electron chi connectivity index (χ3n) is 5.21. The SMILES string of the molecule is C=c1c(N(CCC)CCC)c(C)c(=C)/c(=C(\C)CC)c1=C(C)C.CC.CC.CCCC. The molecule has 1 heteroatoms. The lowest BCUT2D eigenvalue weighted by Crippen LogP contribution is -2.53. The van der Waals surface area contributed by atoms with Gasteiger partial charge < -0.3 is 4.90 Å². The molecule has 1 aromatic rings. The van der Waals surface area contributed by atoms with Gasteiger partial charge in [-0.15, -0.1) is 0 Å². The fourth-order valence-electron chi connectivity index (χ4n) is 3.48. The summed E-state index contributed by atoms with van der Waals surface area (Å²) in [6, 6.07) is 0. The Labute approximate surface area is 196 Å². The van der Waals surface area contributed by atoms with Gasteiger partial charge in [-0.05, 0) is 73.4 Å². The number of hydrogen-bond donors (Lipinski definition) is 0. The van der Waals surface area contributed by atoms with Gasteiger partial charge in [-0.1, -0.05) is 99.5 Å². The maximum Gasteiger partial charge on any atom is 0.0475 e. The summed E-state index contributed by atoms with van der Waals surface area (Å²) < 4.78 is 0. The van der Waals surface area contributed by atoms with Crippen molar-refractivity contribution in [1.82, 2.24) is 0 Å². The topological polar surface area (TPSA) is 3.24 Å². The van der Waals surface area contributed by atoms with Gasteiger partial charge in [0.15, 0.2) is 0 Å². The van der Waals surface area contributed by atoms with Crippen LogP contribution in [0.5, 0.6) is 0 Å². The van der Waals surface area contributed by atoms with Crippen LogP contribution in [0.4, 0.5) is 5.69 Å². The summed E-state index contributed by atoms with van der Waals surface area (Å²) in [5, 5.41) is 5.00. The van der Waals surface area contributed by atoms with Crippen LogP contribution in [0.1, 0.15) is 121 Å². The number of unbranched alkanes of at least 4 members (excludes halogenated alkanes) is 1. The van der Waals surface area contributed by atoms with E-state index < -0.39 is 0 Å². The summed E-state index contributed by atoms with van der Waals surface area (Å²) in [5.74, 6) is 0. The zero-order valence-electron chi connectivity index (χ0n) is 23.8. The monoisotopic (exact) mass is 431 g/mol. The van der Waals surface area contributed by atoms with Crippen molar-refractivity contribution in [2.45, 2.75) is 122 Å². The third-order valence-corrected chi connectivity index (χ3v) is 5.21. The summed E-state index contributed by atoms with van der Waals surface area (Å²) in [5.41, 5.74) is 5.34. The summed E-state index contributed by atoms with van der Waals surface area (Å²) in [6.45, 7) is 39.0. The Hall–Kier alpha value is -1.50. The molecule has 0 radical (unpaired) electrons. The van der Waals surface area contributed by atoms with E-state index in [4.69, 9.17) is 0 Å². The van der Waals surface area contributed by atoms with E-state index in [0.717, 1.165) is 32.4 Å². The number of benzene rings is 1. The van der Waals surface area contributed by atoms with Crippen molar-refractivity contribution in [1.29, 1.82) is 0 Å². The highest BCUT2D eigenvalue weighted by atomic mass is 15.1. The number of rotatable bonds is 7. The highest BCUT2D eigenvalue weighted by molar-refractivity contribution is 5.61. The molecule has 0 bridgehead atoms. The van der Waals surface area contributed by atoms with E-state index in [-0.39, 0.29) is 0 Å². The molecule has 0 heterocycles. The van der Waals surface area contributed by atoms with Crippen LogP contribution in [0.15, 0.2) is 0 Å². The minimum Gasteiger partial charge on any atom is -0.371 e. The lowest BCUT2D eigenvalue weighted by atomic mass is 9.97. The lowest BCUT2D eigenvalue weighted by molar-refractivity contribution is 0.739. The van der Waals surface area contributed by atoms with Gasteiger partial charge in [0.25, 0.3) is 0 Å². The Morgan fingerprint density at radius 3 is 1.39 bits per heavy atom. The first-order valence-electron chi connectivity index (χ1n) is 13.0. The summed E-state index contributed by atoms with van der Waals surface area (Å²) in [4.78, 5) is 2.50. The van der Waals surface area contributed by atoms with E-state index >= 15 is 0 Å². The Balaban J connectivity index is -0.000000855. The molecule has 0 N–H and O–H groups in total. The van der Waals surface area contributed by atoms with E-state index in [1.165, 1.54) is 56.1 Å². The number of hydrogen-bond acceptors (Lipinski definition) is 1. The zero-order valence-corrected chi connectivity index (χ0v) is 23.8. The molecule has 0 aromatic heterocycles. The molecule has 1 nitrogen and oxygen atoms in total. The molecule has 0 aliphatic carbocycles. The highest BCUT2D eigenvalue weighted by Crippen LogP contribution is 2.11. The predicted octanol–water partition coefficient (Wildman–Crippen LogP) is 7.07. The van der Waals surface area contributed by atoms with Crippen LogP contribution < -0.4 is 25.8 Å². The molecule has 1 rings (SSSR count). The Morgan fingerprint density at radius 2 is 1.10 bits per heavy atom. The first-order chi connectivity index (χ1) is 14.7. The van der Waals surface area contributed by atoms with Crippen molar-refractivity contribution < 1.29 is 0 Å². The van der Waals surface area contributed by atoms with Crippen molar-refractivity contribution in [3.63, 3.8) is 0 Å². The molecule has 1 aromatic carbocycles. The van der Waals surface area contributed by atoms with Crippen LogP contribution >= 0.6 is 0 Å². The van der Waals surface area contributed by atoms with Crippen molar-refractivity contribution in [2.75, 3.05) is 18.0 Å². The second kappa shape index (κ2) is 20.4. The van der Waals surface area contributed by atoms with Gasteiger partial charge in [0.2, 0.25) is 0 Å². The molecule has 0 fully saturated rings. The zero-order chi connectivity index (χ0) is 25.1. The summed E-state index contributed by atoms with van der Waals surface area (Å²) in [6.07, 6.45) is 5.99. The minimum atomic E-state index is 1.05. The standard InChI is InChI=1S/C22H35N.C4H10.2C2H6/c1-10-13-23(14-11-2)22-18(8)17(7)21(16(6)12-3)20(15(4)5)19(22)9;1-3-4-2;2*1-2/h7,9-14H2,1-6,8H3;3-4H2,1-2H3;2*1-2H3/b21-16-;;;. The second-order valence-corrected chi connectivity index (χ2v) is 7.80. The van der Waals surface area contributed by atoms with Gasteiger partial charge >= 0.3 is 0 Å². The van der Waals surface area contributed by atoms with Crippen LogP contribution in [0.25, 0.3) is 24.3 Å². The highest BCUT2D eigenvalue weighted by Gasteiger charge is 2.13. The van der Waals surface area contributed by atoms with Crippen LogP contribution in [0, 0.1) is 6.92 Å². The smallest absolute Gasteiger partial charge is 0.0475 e. The van der Waals surface area contributed by atoms with Crippen LogP contribution in [-0.4, -0.2) is 13.1 Å². The number of anilines is 1. The molecule has 0 aliphatic rings. The fourth-order valence-corrected chi connectivity index (χ4v) is 3.48. The van der Waals surface area contributed by atoms with Crippen LogP contribution in [0.2, 0.25) is 0 Å². The van der Waals surface area contributed by atoms with Gasteiger partial charge in [-0.3, -0.25) is 0 Å². The Morgan fingerprint density at radius 1 is 0.677 bits per heavy atom. The van der Waals surface area contributed by atoms with Crippen LogP contribution in [0.3, 0.4) is 0 Å². The second-order valence-electron chi connectivity index (χ2n) is 7.80. The van der Waals surface area contributed by atoms with Crippen molar-refractivity contribution in [2.24, 2.45) is 0 Å². The Bertz CT molecular complexity index is 787. The summed E-state index contributed by atoms with van der Waals surface area (Å²) in [7, 11) is 0. The average molecular weight is 432 g/mol. The van der Waals surface area contributed by atoms with E-state index in [1.807, 2.05) is 27.7 Å². The van der Waals surface area contributed by atoms with Gasteiger partial charge in [0, 0.05) is 18.8 Å². The average Bonchev–Trinajstić information content (AvgIpc) is 2.78. The largest absolute Gasteiger partial charge is 0.371 e. The van der Waals surface area contributed by atoms with Gasteiger partial charge in [-0.2, -0.15) is 0 Å². The quantitative estimate of drug-likeness (QED) is 0.446. The Kier molecular flexibility index (Phi) is 22.5. The van der Waals surface area contributed by atoms with E-state index in [9.17, 15) is 0 Å².